The van der Waals surface area contributed by atoms with E-state index in [1.807, 2.05) is 30.7 Å². The fourth-order valence-electron chi connectivity index (χ4n) is 3.73. The van der Waals surface area contributed by atoms with Crippen LogP contribution in [0.4, 0.5) is 0 Å². The molecule has 1 unspecified atom stereocenters. The van der Waals surface area contributed by atoms with Crippen LogP contribution in [-0.2, 0) is 21.9 Å². The molecule has 11 heteroatoms. The van der Waals surface area contributed by atoms with Crippen molar-refractivity contribution in [3.63, 3.8) is 0 Å². The highest BCUT2D eigenvalue weighted by atomic mass is 35.5. The van der Waals surface area contributed by atoms with E-state index in [2.05, 4.69) is 4.99 Å². The van der Waals surface area contributed by atoms with Crippen molar-refractivity contribution in [1.29, 1.82) is 0 Å². The van der Waals surface area contributed by atoms with Gasteiger partial charge >= 0.3 is 0 Å². The van der Waals surface area contributed by atoms with Gasteiger partial charge in [-0.15, -0.1) is 11.3 Å². The van der Waals surface area contributed by atoms with Gasteiger partial charge in [0, 0.05) is 20.1 Å². The first-order valence-electron chi connectivity index (χ1n) is 9.69. The van der Waals surface area contributed by atoms with E-state index < -0.39 is 15.9 Å². The molecule has 4 rings (SSSR count). The molecule has 166 valence electrons. The van der Waals surface area contributed by atoms with Crippen LogP contribution in [0.25, 0.3) is 10.2 Å². The van der Waals surface area contributed by atoms with Gasteiger partial charge in [-0.3, -0.25) is 4.79 Å². The van der Waals surface area contributed by atoms with Crippen LogP contribution in [0.3, 0.4) is 0 Å². The Morgan fingerprint density at radius 2 is 2.03 bits per heavy atom. The summed E-state index contributed by atoms with van der Waals surface area (Å²) in [6.45, 7) is 2.51. The first kappa shape index (κ1) is 22.5. The van der Waals surface area contributed by atoms with E-state index >= 15 is 0 Å². The zero-order valence-electron chi connectivity index (χ0n) is 17.3. The number of benzene rings is 1. The fraction of sp³-hybridized carbons (Fsp3) is 0.400. The number of rotatable bonds is 4. The molecule has 0 radical (unpaired) electrons. The number of carbonyl (C=O) groups excluding carboxylic acids is 1. The summed E-state index contributed by atoms with van der Waals surface area (Å²) in [6.07, 6.45) is 1.21. The summed E-state index contributed by atoms with van der Waals surface area (Å²) < 4.78 is 36.2. The molecule has 1 fully saturated rings. The molecule has 0 aliphatic carbocycles. The maximum atomic E-state index is 13.0. The van der Waals surface area contributed by atoms with Gasteiger partial charge in [0.05, 0.1) is 22.1 Å². The second kappa shape index (κ2) is 8.67. The number of ether oxygens (including phenoxy) is 1. The van der Waals surface area contributed by atoms with Gasteiger partial charge in [0.1, 0.15) is 15.5 Å². The number of thiophene rings is 1. The Labute approximate surface area is 193 Å². The van der Waals surface area contributed by atoms with Gasteiger partial charge in [0.15, 0.2) is 4.80 Å². The number of aryl methyl sites for hydroxylation is 2. The number of methoxy groups -OCH3 is 1. The van der Waals surface area contributed by atoms with Crippen LogP contribution in [0.2, 0.25) is 4.34 Å². The lowest BCUT2D eigenvalue weighted by molar-refractivity contribution is -0.122. The van der Waals surface area contributed by atoms with Gasteiger partial charge in [0.2, 0.25) is 0 Å². The maximum Gasteiger partial charge on any atom is 0.252 e. The van der Waals surface area contributed by atoms with Crippen molar-refractivity contribution in [2.45, 2.75) is 24.0 Å². The molecule has 1 aliphatic rings. The number of carbonyl (C=O) groups is 1. The molecular weight excluding hydrogens is 478 g/mol. The summed E-state index contributed by atoms with van der Waals surface area (Å²) in [7, 11) is -0.204. The average molecular weight is 500 g/mol. The van der Waals surface area contributed by atoms with E-state index in [1.54, 1.807) is 13.2 Å². The summed E-state index contributed by atoms with van der Waals surface area (Å²) >= 11 is 8.36. The Morgan fingerprint density at radius 3 is 2.71 bits per heavy atom. The van der Waals surface area contributed by atoms with Crippen molar-refractivity contribution < 1.29 is 17.9 Å². The highest BCUT2D eigenvalue weighted by Crippen LogP contribution is 2.32. The van der Waals surface area contributed by atoms with Crippen molar-refractivity contribution in [3.05, 3.63) is 39.0 Å². The van der Waals surface area contributed by atoms with E-state index in [9.17, 15) is 13.2 Å². The number of aromatic nitrogens is 1. The standard InChI is InChI=1S/C20H22ClN3O4S3/c1-12-6-7-14(28-3)17-18(12)30-20(23(17)2)22-19(25)13-5-4-10-24(11-13)31(26,27)16-9-8-15(21)29-16/h6-9,13H,4-5,10-11H2,1-3H3. The lowest BCUT2D eigenvalue weighted by atomic mass is 9.99. The topological polar surface area (TPSA) is 81.0 Å². The van der Waals surface area contributed by atoms with Crippen molar-refractivity contribution in [1.82, 2.24) is 8.87 Å². The zero-order chi connectivity index (χ0) is 22.3. The third kappa shape index (κ3) is 4.19. The van der Waals surface area contributed by atoms with Gasteiger partial charge in [-0.25, -0.2) is 8.42 Å². The summed E-state index contributed by atoms with van der Waals surface area (Å²) in [5, 5.41) is 0. The quantitative estimate of drug-likeness (QED) is 0.546. The van der Waals surface area contributed by atoms with Crippen LogP contribution in [-0.4, -0.2) is 43.4 Å². The Balaban J connectivity index is 1.64. The minimum absolute atomic E-state index is 0.122. The van der Waals surface area contributed by atoms with Crippen LogP contribution in [0.1, 0.15) is 18.4 Å². The highest BCUT2D eigenvalue weighted by Gasteiger charge is 2.34. The highest BCUT2D eigenvalue weighted by molar-refractivity contribution is 7.91. The number of sulfonamides is 1. The summed E-state index contributed by atoms with van der Waals surface area (Å²) in [5.41, 5.74) is 1.97. The van der Waals surface area contributed by atoms with Crippen molar-refractivity contribution in [3.8, 4) is 5.75 Å². The van der Waals surface area contributed by atoms with Crippen LogP contribution in [0.5, 0.6) is 5.75 Å². The van der Waals surface area contributed by atoms with Gasteiger partial charge in [0.25, 0.3) is 15.9 Å². The summed E-state index contributed by atoms with van der Waals surface area (Å²) in [6, 6.07) is 6.95. The van der Waals surface area contributed by atoms with E-state index in [1.165, 1.54) is 21.7 Å². The molecule has 0 saturated carbocycles. The molecule has 2 aromatic heterocycles. The van der Waals surface area contributed by atoms with E-state index in [4.69, 9.17) is 16.3 Å². The fourth-order valence-corrected chi connectivity index (χ4v) is 8.00. The lowest BCUT2D eigenvalue weighted by Gasteiger charge is -2.29. The Hall–Kier alpha value is -1.72. The van der Waals surface area contributed by atoms with Gasteiger partial charge in [-0.2, -0.15) is 9.30 Å². The molecule has 3 heterocycles. The second-order valence-corrected chi connectivity index (χ2v) is 12.3. The lowest BCUT2D eigenvalue weighted by Crippen LogP contribution is -2.42. The Kier molecular flexibility index (Phi) is 6.28. The van der Waals surface area contributed by atoms with Gasteiger partial charge in [-0.05, 0) is 43.5 Å². The molecular formula is C20H22ClN3O4S3. The van der Waals surface area contributed by atoms with E-state index in [0.717, 1.165) is 32.9 Å². The maximum absolute atomic E-state index is 13.0. The zero-order valence-corrected chi connectivity index (χ0v) is 20.5. The molecule has 0 spiro atoms. The van der Waals surface area contributed by atoms with E-state index in [-0.39, 0.29) is 16.7 Å². The third-order valence-corrected chi connectivity index (χ3v) is 10.2. The SMILES string of the molecule is COc1ccc(C)c2sc(=NC(=O)C3CCCN(S(=O)(=O)c4ccc(Cl)s4)C3)n(C)c12. The smallest absolute Gasteiger partial charge is 0.252 e. The largest absolute Gasteiger partial charge is 0.495 e. The van der Waals surface area contributed by atoms with Gasteiger partial charge in [-0.1, -0.05) is 29.0 Å². The predicted molar refractivity (Wildman–Crippen MR) is 123 cm³/mol. The van der Waals surface area contributed by atoms with Crippen molar-refractivity contribution in [2.75, 3.05) is 20.2 Å². The number of amides is 1. The molecule has 7 nitrogen and oxygen atoms in total. The minimum atomic E-state index is -3.67. The number of halogens is 1. The number of hydrogen-bond donors (Lipinski definition) is 0. The first-order chi connectivity index (χ1) is 14.7. The third-order valence-electron chi connectivity index (χ3n) is 5.41. The van der Waals surface area contributed by atoms with Crippen molar-refractivity contribution >= 4 is 60.4 Å². The minimum Gasteiger partial charge on any atom is -0.495 e. The predicted octanol–water partition coefficient (Wildman–Crippen LogP) is 3.80. The van der Waals surface area contributed by atoms with Crippen LogP contribution >= 0.6 is 34.3 Å². The summed E-state index contributed by atoms with van der Waals surface area (Å²) in [4.78, 5) is 17.9. The molecule has 0 bridgehead atoms. The first-order valence-corrected chi connectivity index (χ1v) is 13.1. The number of nitrogens with zero attached hydrogens (tertiary/aromatic N) is 3. The van der Waals surface area contributed by atoms with Crippen molar-refractivity contribution in [2.24, 2.45) is 18.0 Å². The average Bonchev–Trinajstić information content (AvgIpc) is 3.34. The van der Waals surface area contributed by atoms with Crippen LogP contribution in [0.15, 0.2) is 33.5 Å². The normalized spacial score (nSPS) is 18.6. The van der Waals surface area contributed by atoms with Crippen LogP contribution in [0, 0.1) is 12.8 Å². The molecule has 3 aromatic rings. The molecule has 31 heavy (non-hydrogen) atoms. The second-order valence-electron chi connectivity index (χ2n) is 7.42. The van der Waals surface area contributed by atoms with E-state index in [0.29, 0.717) is 28.5 Å². The number of piperidine rings is 1. The monoisotopic (exact) mass is 499 g/mol. The molecule has 0 N–H and O–H groups in total. The molecule has 1 aromatic carbocycles. The summed E-state index contributed by atoms with van der Waals surface area (Å²) in [5.74, 6) is -0.0622. The molecule has 1 aliphatic heterocycles. The Morgan fingerprint density at radius 1 is 1.26 bits per heavy atom. The number of hydrogen-bond acceptors (Lipinski definition) is 6. The van der Waals surface area contributed by atoms with Gasteiger partial charge < -0.3 is 9.30 Å². The molecule has 1 amide bonds. The number of thiazole rings is 1. The molecule has 1 atom stereocenters. The number of fused-ring (bicyclic) bond motifs is 1. The van der Waals surface area contributed by atoms with Crippen LogP contribution < -0.4 is 9.54 Å². The molecule has 1 saturated heterocycles. The Bertz CT molecular complexity index is 1320.